The standard InChI is InChI=1S/C13H21NO4/c1-3-18-13(17)11(14-9(2)15)12(16)10-7-5-4-6-8-10/h10-11H,3-8H2,1-2H3,(H,14,15). The molecule has 1 aliphatic carbocycles. The minimum atomic E-state index is -1.13. The topological polar surface area (TPSA) is 72.5 Å². The molecular weight excluding hydrogens is 234 g/mol. The van der Waals surface area contributed by atoms with Crippen molar-refractivity contribution in [3.63, 3.8) is 0 Å². The largest absolute Gasteiger partial charge is 0.464 e. The van der Waals surface area contributed by atoms with Gasteiger partial charge in [0.25, 0.3) is 0 Å². The molecule has 1 amide bonds. The molecule has 1 N–H and O–H groups in total. The van der Waals surface area contributed by atoms with Gasteiger partial charge in [-0.2, -0.15) is 0 Å². The van der Waals surface area contributed by atoms with Gasteiger partial charge in [0, 0.05) is 12.8 Å². The maximum absolute atomic E-state index is 12.2. The van der Waals surface area contributed by atoms with Gasteiger partial charge in [-0.15, -0.1) is 0 Å². The van der Waals surface area contributed by atoms with E-state index in [-0.39, 0.29) is 18.3 Å². The predicted molar refractivity (Wildman–Crippen MR) is 65.8 cm³/mol. The number of esters is 1. The van der Waals surface area contributed by atoms with Crippen LogP contribution in [0.1, 0.15) is 46.0 Å². The zero-order valence-corrected chi connectivity index (χ0v) is 11.0. The number of carbonyl (C=O) groups excluding carboxylic acids is 3. The van der Waals surface area contributed by atoms with E-state index in [9.17, 15) is 14.4 Å². The van der Waals surface area contributed by atoms with Crippen LogP contribution in [0.5, 0.6) is 0 Å². The highest BCUT2D eigenvalue weighted by Gasteiger charge is 2.34. The van der Waals surface area contributed by atoms with Crippen molar-refractivity contribution in [1.82, 2.24) is 5.32 Å². The summed E-state index contributed by atoms with van der Waals surface area (Å²) in [7, 11) is 0. The van der Waals surface area contributed by atoms with Crippen molar-refractivity contribution < 1.29 is 19.1 Å². The van der Waals surface area contributed by atoms with Crippen LogP contribution >= 0.6 is 0 Å². The summed E-state index contributed by atoms with van der Waals surface area (Å²) in [5, 5.41) is 2.40. The Morgan fingerprint density at radius 3 is 2.33 bits per heavy atom. The highest BCUT2D eigenvalue weighted by molar-refractivity contribution is 6.06. The lowest BCUT2D eigenvalue weighted by molar-refractivity contribution is -0.151. The quantitative estimate of drug-likeness (QED) is 0.592. The summed E-state index contributed by atoms with van der Waals surface area (Å²) in [6.07, 6.45) is 4.74. The molecule has 0 saturated heterocycles. The van der Waals surface area contributed by atoms with E-state index in [4.69, 9.17) is 4.74 Å². The van der Waals surface area contributed by atoms with Gasteiger partial charge in [0.1, 0.15) is 0 Å². The van der Waals surface area contributed by atoms with Gasteiger partial charge in [0.2, 0.25) is 5.91 Å². The van der Waals surface area contributed by atoms with Crippen molar-refractivity contribution in [2.75, 3.05) is 6.61 Å². The highest BCUT2D eigenvalue weighted by Crippen LogP contribution is 2.25. The molecule has 1 fully saturated rings. The number of Topliss-reactive ketones (excluding diaryl/α,β-unsaturated/α-hetero) is 1. The first-order valence-electron chi connectivity index (χ1n) is 6.53. The van der Waals surface area contributed by atoms with Gasteiger partial charge in [-0.05, 0) is 19.8 Å². The second-order valence-corrected chi connectivity index (χ2v) is 4.62. The Kier molecular flexibility index (Phi) is 5.82. The summed E-state index contributed by atoms with van der Waals surface area (Å²) in [6, 6.07) is -1.13. The van der Waals surface area contributed by atoms with Crippen LogP contribution in [0.25, 0.3) is 0 Å². The van der Waals surface area contributed by atoms with Crippen LogP contribution in [-0.2, 0) is 19.1 Å². The van der Waals surface area contributed by atoms with Crippen LogP contribution < -0.4 is 5.32 Å². The van der Waals surface area contributed by atoms with Gasteiger partial charge in [-0.25, -0.2) is 4.79 Å². The molecule has 1 saturated carbocycles. The summed E-state index contributed by atoms with van der Waals surface area (Å²) in [4.78, 5) is 35.0. The second-order valence-electron chi connectivity index (χ2n) is 4.62. The van der Waals surface area contributed by atoms with Gasteiger partial charge in [0.15, 0.2) is 11.8 Å². The summed E-state index contributed by atoms with van der Waals surface area (Å²) < 4.78 is 4.84. The fraction of sp³-hybridized carbons (Fsp3) is 0.769. The molecule has 0 bridgehead atoms. The number of hydrogen-bond donors (Lipinski definition) is 1. The molecule has 18 heavy (non-hydrogen) atoms. The van der Waals surface area contributed by atoms with E-state index in [0.717, 1.165) is 32.1 Å². The van der Waals surface area contributed by atoms with Gasteiger partial charge in [0.05, 0.1) is 6.61 Å². The molecule has 0 radical (unpaired) electrons. The number of nitrogens with one attached hydrogen (secondary N) is 1. The Balaban J connectivity index is 2.70. The molecule has 102 valence electrons. The number of carbonyl (C=O) groups is 3. The molecule has 5 heteroatoms. The van der Waals surface area contributed by atoms with Gasteiger partial charge >= 0.3 is 5.97 Å². The normalized spacial score (nSPS) is 17.9. The summed E-state index contributed by atoms with van der Waals surface area (Å²) in [5.74, 6) is -1.37. The number of amides is 1. The molecule has 0 aliphatic heterocycles. The zero-order chi connectivity index (χ0) is 13.5. The van der Waals surface area contributed by atoms with Crippen molar-refractivity contribution >= 4 is 17.7 Å². The van der Waals surface area contributed by atoms with E-state index >= 15 is 0 Å². The minimum Gasteiger partial charge on any atom is -0.464 e. The number of rotatable bonds is 5. The van der Waals surface area contributed by atoms with Crippen molar-refractivity contribution in [3.8, 4) is 0 Å². The Hall–Kier alpha value is -1.39. The molecule has 0 aromatic heterocycles. The van der Waals surface area contributed by atoms with Gasteiger partial charge < -0.3 is 10.1 Å². The molecule has 1 atom stereocenters. The van der Waals surface area contributed by atoms with E-state index in [0.29, 0.717) is 0 Å². The van der Waals surface area contributed by atoms with Crippen molar-refractivity contribution in [2.24, 2.45) is 5.92 Å². The van der Waals surface area contributed by atoms with Gasteiger partial charge in [-0.1, -0.05) is 19.3 Å². The average molecular weight is 255 g/mol. The molecule has 0 aromatic rings. The molecule has 1 unspecified atom stereocenters. The first-order valence-corrected chi connectivity index (χ1v) is 6.53. The Morgan fingerprint density at radius 1 is 1.22 bits per heavy atom. The zero-order valence-electron chi connectivity index (χ0n) is 11.0. The van der Waals surface area contributed by atoms with E-state index in [1.807, 2.05) is 0 Å². The number of hydrogen-bond acceptors (Lipinski definition) is 4. The Morgan fingerprint density at radius 2 is 1.83 bits per heavy atom. The van der Waals surface area contributed by atoms with E-state index in [1.165, 1.54) is 6.92 Å². The third kappa shape index (κ3) is 4.13. The van der Waals surface area contributed by atoms with Crippen LogP contribution in [0, 0.1) is 5.92 Å². The predicted octanol–water partition coefficient (Wildman–Crippen LogP) is 1.20. The fourth-order valence-electron chi connectivity index (χ4n) is 2.30. The van der Waals surface area contributed by atoms with Crippen LogP contribution in [0.15, 0.2) is 0 Å². The molecule has 0 spiro atoms. The fourth-order valence-corrected chi connectivity index (χ4v) is 2.30. The summed E-state index contributed by atoms with van der Waals surface area (Å²) >= 11 is 0. The van der Waals surface area contributed by atoms with Crippen molar-refractivity contribution in [1.29, 1.82) is 0 Å². The molecule has 1 aliphatic rings. The third-order valence-electron chi connectivity index (χ3n) is 3.16. The maximum atomic E-state index is 12.2. The summed E-state index contributed by atoms with van der Waals surface area (Å²) in [5.41, 5.74) is 0. The first-order chi connectivity index (χ1) is 8.56. The maximum Gasteiger partial charge on any atom is 0.336 e. The second kappa shape index (κ2) is 7.13. The van der Waals surface area contributed by atoms with E-state index in [1.54, 1.807) is 6.92 Å². The molecule has 0 heterocycles. The third-order valence-corrected chi connectivity index (χ3v) is 3.16. The molecular formula is C13H21NO4. The van der Waals surface area contributed by atoms with Crippen molar-refractivity contribution in [3.05, 3.63) is 0 Å². The van der Waals surface area contributed by atoms with Crippen LogP contribution in [-0.4, -0.2) is 30.3 Å². The van der Waals surface area contributed by atoms with Crippen LogP contribution in [0.4, 0.5) is 0 Å². The molecule has 1 rings (SSSR count). The van der Waals surface area contributed by atoms with E-state index < -0.39 is 17.9 Å². The Labute approximate surface area is 107 Å². The van der Waals surface area contributed by atoms with E-state index in [2.05, 4.69) is 5.32 Å². The summed E-state index contributed by atoms with van der Waals surface area (Å²) in [6.45, 7) is 3.17. The van der Waals surface area contributed by atoms with Crippen LogP contribution in [0.2, 0.25) is 0 Å². The highest BCUT2D eigenvalue weighted by atomic mass is 16.5. The number of ketones is 1. The minimum absolute atomic E-state index is 0.125. The Bertz CT molecular complexity index is 321. The molecule has 5 nitrogen and oxygen atoms in total. The SMILES string of the molecule is CCOC(=O)C(NC(C)=O)C(=O)C1CCCCC1. The lowest BCUT2D eigenvalue weighted by Crippen LogP contribution is -2.49. The average Bonchev–Trinajstić information content (AvgIpc) is 2.36. The van der Waals surface area contributed by atoms with Gasteiger partial charge in [-0.3, -0.25) is 9.59 Å². The van der Waals surface area contributed by atoms with Crippen LogP contribution in [0.3, 0.4) is 0 Å². The smallest absolute Gasteiger partial charge is 0.336 e. The lowest BCUT2D eigenvalue weighted by Gasteiger charge is -2.24. The number of ether oxygens (including phenoxy) is 1. The lowest BCUT2D eigenvalue weighted by atomic mass is 9.84. The first kappa shape index (κ1) is 14.7. The molecule has 0 aromatic carbocycles. The monoisotopic (exact) mass is 255 g/mol. The van der Waals surface area contributed by atoms with Crippen molar-refractivity contribution in [2.45, 2.75) is 52.0 Å².